The highest BCUT2D eigenvalue weighted by Crippen LogP contribution is 2.16. The molecule has 0 atom stereocenters. The Kier molecular flexibility index (Phi) is 2.19. The van der Waals surface area contributed by atoms with Crippen molar-refractivity contribution in [2.75, 3.05) is 0 Å². The summed E-state index contributed by atoms with van der Waals surface area (Å²) in [5.74, 6) is -2.67. The van der Waals surface area contributed by atoms with Gasteiger partial charge in [0.25, 0.3) is 0 Å². The minimum Gasteiger partial charge on any atom is -0.478 e. The van der Waals surface area contributed by atoms with E-state index in [4.69, 9.17) is 10.8 Å². The Labute approximate surface area is 73.4 Å². The maximum atomic E-state index is 10.8. The lowest BCUT2D eigenvalue weighted by atomic mass is 10.1. The first-order valence-electron chi connectivity index (χ1n) is 3.36. The molecule has 0 fully saturated rings. The number of rotatable bonds is 2. The summed E-state index contributed by atoms with van der Waals surface area (Å²) in [4.78, 5) is 21.2. The summed E-state index contributed by atoms with van der Waals surface area (Å²) in [5.41, 5.74) is 4.38. The van der Waals surface area contributed by atoms with Gasteiger partial charge >= 0.3 is 5.97 Å². The quantitative estimate of drug-likeness (QED) is 0.697. The summed E-state index contributed by atoms with van der Waals surface area (Å²) in [6.45, 7) is 0. The molecular formula is C8H6NO4. The molecule has 0 bridgehead atoms. The molecule has 0 aliphatic carbocycles. The second-order valence-corrected chi connectivity index (χ2v) is 2.38. The molecule has 5 nitrogen and oxygen atoms in total. The van der Waals surface area contributed by atoms with Crippen molar-refractivity contribution in [1.29, 1.82) is 0 Å². The van der Waals surface area contributed by atoms with Crippen LogP contribution in [0.5, 0.6) is 5.75 Å². The van der Waals surface area contributed by atoms with Crippen LogP contribution in [-0.2, 0) is 5.11 Å². The van der Waals surface area contributed by atoms with Crippen molar-refractivity contribution in [2.45, 2.75) is 0 Å². The van der Waals surface area contributed by atoms with Crippen LogP contribution in [0.2, 0.25) is 0 Å². The van der Waals surface area contributed by atoms with Crippen LogP contribution in [0.4, 0.5) is 0 Å². The molecule has 1 aromatic carbocycles. The van der Waals surface area contributed by atoms with Gasteiger partial charge in [-0.2, -0.15) is 0 Å². The van der Waals surface area contributed by atoms with E-state index in [0.717, 1.165) is 18.2 Å². The number of hydrogen-bond donors (Lipinski definition) is 2. The van der Waals surface area contributed by atoms with Gasteiger partial charge in [0.2, 0.25) is 5.91 Å². The topological polar surface area (TPSA) is 100 Å². The molecular weight excluding hydrogens is 174 g/mol. The van der Waals surface area contributed by atoms with E-state index in [1.54, 1.807) is 0 Å². The monoisotopic (exact) mass is 180 g/mol. The van der Waals surface area contributed by atoms with Gasteiger partial charge in [0.1, 0.15) is 0 Å². The van der Waals surface area contributed by atoms with Crippen molar-refractivity contribution in [1.82, 2.24) is 0 Å². The summed E-state index contributed by atoms with van der Waals surface area (Å²) in [6.07, 6.45) is 0. The number of aromatic carboxylic acids is 1. The zero-order chi connectivity index (χ0) is 10.0. The minimum atomic E-state index is -1.34. The van der Waals surface area contributed by atoms with Crippen LogP contribution in [-0.4, -0.2) is 17.0 Å². The molecule has 1 rings (SSSR count). The lowest BCUT2D eigenvalue weighted by Crippen LogP contribution is -2.15. The van der Waals surface area contributed by atoms with Gasteiger partial charge in [0.05, 0.1) is 11.1 Å². The van der Waals surface area contributed by atoms with E-state index in [9.17, 15) is 14.7 Å². The normalized spacial score (nSPS) is 9.54. The highest BCUT2D eigenvalue weighted by molar-refractivity contribution is 6.04. The fourth-order valence-electron chi connectivity index (χ4n) is 0.915. The third kappa shape index (κ3) is 1.76. The van der Waals surface area contributed by atoms with Crippen molar-refractivity contribution in [3.05, 3.63) is 29.3 Å². The number of carbonyl (C=O) groups excluding carboxylic acids is 1. The molecule has 0 aliphatic rings. The van der Waals surface area contributed by atoms with E-state index >= 15 is 0 Å². The molecule has 3 N–H and O–H groups in total. The molecule has 0 heterocycles. The van der Waals surface area contributed by atoms with Crippen molar-refractivity contribution in [2.24, 2.45) is 5.73 Å². The van der Waals surface area contributed by atoms with Gasteiger partial charge in [-0.25, -0.2) is 4.79 Å². The smallest absolute Gasteiger partial charge is 0.336 e. The molecule has 0 aromatic heterocycles. The molecule has 13 heavy (non-hydrogen) atoms. The SMILES string of the molecule is NC(=O)c1ccc([O])cc1C(=O)O. The number of primary amides is 1. The maximum Gasteiger partial charge on any atom is 0.336 e. The molecule has 0 saturated carbocycles. The number of amides is 1. The summed E-state index contributed by atoms with van der Waals surface area (Å²) in [6, 6.07) is 3.06. The van der Waals surface area contributed by atoms with E-state index in [1.807, 2.05) is 0 Å². The van der Waals surface area contributed by atoms with Crippen LogP contribution in [0.25, 0.3) is 0 Å². The van der Waals surface area contributed by atoms with Crippen LogP contribution in [0.1, 0.15) is 20.7 Å². The Morgan fingerprint density at radius 2 is 1.85 bits per heavy atom. The van der Waals surface area contributed by atoms with E-state index in [1.165, 1.54) is 0 Å². The average molecular weight is 180 g/mol. The Morgan fingerprint density at radius 3 is 2.31 bits per heavy atom. The Bertz CT molecular complexity index is 372. The predicted octanol–water partition coefficient (Wildman–Crippen LogP) is 0.627. The third-order valence-corrected chi connectivity index (χ3v) is 1.49. The summed E-state index contributed by atoms with van der Waals surface area (Å²) >= 11 is 0. The van der Waals surface area contributed by atoms with Crippen molar-refractivity contribution < 1.29 is 19.8 Å². The molecule has 67 valence electrons. The van der Waals surface area contributed by atoms with Gasteiger partial charge in [-0.3, -0.25) is 9.90 Å². The number of nitrogens with two attached hydrogens (primary N) is 1. The minimum absolute atomic E-state index is 0.160. The summed E-state index contributed by atoms with van der Waals surface area (Å²) < 4.78 is 0. The second-order valence-electron chi connectivity index (χ2n) is 2.38. The van der Waals surface area contributed by atoms with Crippen molar-refractivity contribution >= 4 is 11.9 Å². The van der Waals surface area contributed by atoms with E-state index < -0.39 is 17.6 Å². The number of carboxylic acid groups (broad SMARTS) is 1. The van der Waals surface area contributed by atoms with Crippen LogP contribution in [0, 0.1) is 0 Å². The maximum absolute atomic E-state index is 10.8. The van der Waals surface area contributed by atoms with E-state index in [2.05, 4.69) is 0 Å². The second kappa shape index (κ2) is 3.14. The molecule has 1 aromatic rings. The molecule has 0 unspecified atom stereocenters. The van der Waals surface area contributed by atoms with Crippen LogP contribution >= 0.6 is 0 Å². The van der Waals surface area contributed by atoms with E-state index in [0.29, 0.717) is 0 Å². The van der Waals surface area contributed by atoms with Crippen LogP contribution in [0.3, 0.4) is 0 Å². The average Bonchev–Trinajstić information content (AvgIpc) is 2.03. The van der Waals surface area contributed by atoms with Gasteiger partial charge in [0, 0.05) is 6.07 Å². The highest BCUT2D eigenvalue weighted by atomic mass is 16.4. The first-order chi connectivity index (χ1) is 6.02. The zero-order valence-corrected chi connectivity index (χ0v) is 6.48. The van der Waals surface area contributed by atoms with Gasteiger partial charge in [-0.15, -0.1) is 0 Å². The third-order valence-electron chi connectivity index (χ3n) is 1.49. The van der Waals surface area contributed by atoms with Crippen LogP contribution < -0.4 is 5.73 Å². The number of carbonyl (C=O) groups is 2. The van der Waals surface area contributed by atoms with E-state index in [-0.39, 0.29) is 11.1 Å². The molecule has 0 spiro atoms. The summed E-state index contributed by atoms with van der Waals surface area (Å²) in [7, 11) is 0. The van der Waals surface area contributed by atoms with Crippen molar-refractivity contribution in [3.63, 3.8) is 0 Å². The standard InChI is InChI=1S/C8H6NO4/c9-7(11)5-2-1-4(10)3-6(5)8(12)13/h1-3H,(H2,9,11)(H,12,13). The molecule has 1 radical (unpaired) electrons. The molecule has 0 saturated heterocycles. The van der Waals surface area contributed by atoms with Gasteiger partial charge < -0.3 is 10.8 Å². The Morgan fingerprint density at radius 1 is 1.23 bits per heavy atom. The fraction of sp³-hybridized carbons (Fsp3) is 0. The van der Waals surface area contributed by atoms with Crippen molar-refractivity contribution in [3.8, 4) is 5.75 Å². The summed E-state index contributed by atoms with van der Waals surface area (Å²) in [5, 5.41) is 19.3. The molecule has 1 amide bonds. The lowest BCUT2D eigenvalue weighted by molar-refractivity contribution is 0.0691. The van der Waals surface area contributed by atoms with Gasteiger partial charge in [-0.05, 0) is 12.1 Å². The first kappa shape index (κ1) is 9.05. The number of carboxylic acids is 1. The molecule has 5 heteroatoms. The zero-order valence-electron chi connectivity index (χ0n) is 6.48. The first-order valence-corrected chi connectivity index (χ1v) is 3.36. The molecule has 0 aliphatic heterocycles. The number of hydrogen-bond acceptors (Lipinski definition) is 2. The Hall–Kier alpha value is -2.04. The number of benzene rings is 1. The van der Waals surface area contributed by atoms with Crippen LogP contribution in [0.15, 0.2) is 18.2 Å². The fourth-order valence-corrected chi connectivity index (χ4v) is 0.915. The van der Waals surface area contributed by atoms with Gasteiger partial charge in [-0.1, -0.05) is 0 Å². The predicted molar refractivity (Wildman–Crippen MR) is 42.1 cm³/mol. The van der Waals surface area contributed by atoms with Gasteiger partial charge in [0.15, 0.2) is 5.75 Å². The Balaban J connectivity index is 3.35. The lowest BCUT2D eigenvalue weighted by Gasteiger charge is -2.00. The largest absolute Gasteiger partial charge is 0.478 e. The highest BCUT2D eigenvalue weighted by Gasteiger charge is 2.14.